The van der Waals surface area contributed by atoms with Gasteiger partial charge in [0.05, 0.1) is 15.2 Å². The molecule has 0 bridgehead atoms. The predicted molar refractivity (Wildman–Crippen MR) is 88.7 cm³/mol. The van der Waals surface area contributed by atoms with Crippen LogP contribution < -0.4 is 5.73 Å². The van der Waals surface area contributed by atoms with E-state index in [4.69, 9.17) is 5.73 Å². The van der Waals surface area contributed by atoms with Crippen molar-refractivity contribution in [3.05, 3.63) is 28.8 Å². The van der Waals surface area contributed by atoms with Gasteiger partial charge >= 0.3 is 0 Å². The molecule has 3 nitrogen and oxygen atoms in total. The smallest absolute Gasteiger partial charge is 0.0907 e. The molecule has 0 aliphatic carbocycles. The Kier molecular flexibility index (Phi) is 4.69. The molecule has 1 atom stereocenters. The van der Waals surface area contributed by atoms with Crippen molar-refractivity contribution in [3.8, 4) is 0 Å². The highest BCUT2D eigenvalue weighted by Gasteiger charge is 2.32. The lowest BCUT2D eigenvalue weighted by atomic mass is 9.90. The van der Waals surface area contributed by atoms with Gasteiger partial charge in [0.2, 0.25) is 0 Å². The van der Waals surface area contributed by atoms with Gasteiger partial charge in [-0.2, -0.15) is 0 Å². The number of benzene rings is 1. The molecule has 1 saturated heterocycles. The first-order chi connectivity index (χ1) is 9.08. The van der Waals surface area contributed by atoms with E-state index in [2.05, 4.69) is 41.9 Å². The molecule has 0 saturated carbocycles. The largest absolute Gasteiger partial charge is 0.330 e. The van der Waals surface area contributed by atoms with E-state index in [1.165, 1.54) is 16.7 Å². The van der Waals surface area contributed by atoms with E-state index in [1.54, 1.807) is 11.3 Å². The molecule has 1 aromatic carbocycles. The Hall–Kier alpha value is -0.680. The maximum Gasteiger partial charge on any atom is 0.0907 e. The van der Waals surface area contributed by atoms with Crippen LogP contribution >= 0.6 is 23.7 Å². The fourth-order valence-corrected chi connectivity index (χ4v) is 3.76. The van der Waals surface area contributed by atoms with E-state index in [9.17, 15) is 0 Å². The van der Waals surface area contributed by atoms with Crippen molar-refractivity contribution in [2.45, 2.75) is 26.8 Å². The molecule has 1 unspecified atom stereocenters. The summed E-state index contributed by atoms with van der Waals surface area (Å²) >= 11 is 1.78. The lowest BCUT2D eigenvalue weighted by molar-refractivity contribution is 0.274. The van der Waals surface area contributed by atoms with Crippen LogP contribution in [0, 0.1) is 12.3 Å². The molecular weight excluding hydrogens is 290 g/mol. The van der Waals surface area contributed by atoms with Gasteiger partial charge in [0.25, 0.3) is 0 Å². The lowest BCUT2D eigenvalue weighted by Gasteiger charge is -2.22. The Labute approximate surface area is 130 Å². The third-order valence-electron chi connectivity index (χ3n) is 4.10. The van der Waals surface area contributed by atoms with Gasteiger partial charge in [-0.15, -0.1) is 23.7 Å². The van der Waals surface area contributed by atoms with Gasteiger partial charge in [0.15, 0.2) is 0 Å². The normalized spacial score (nSPS) is 23.1. The van der Waals surface area contributed by atoms with Crippen LogP contribution in [0.2, 0.25) is 0 Å². The first-order valence-corrected chi connectivity index (χ1v) is 7.68. The molecule has 2 aromatic rings. The number of hydrogen-bond acceptors (Lipinski definition) is 4. The Morgan fingerprint density at radius 1 is 1.45 bits per heavy atom. The summed E-state index contributed by atoms with van der Waals surface area (Å²) in [5.41, 5.74) is 8.69. The Morgan fingerprint density at radius 2 is 2.25 bits per heavy atom. The van der Waals surface area contributed by atoms with Gasteiger partial charge < -0.3 is 5.73 Å². The average molecular weight is 312 g/mol. The summed E-state index contributed by atoms with van der Waals surface area (Å²) in [6.45, 7) is 8.45. The number of halogens is 1. The molecule has 0 spiro atoms. The minimum atomic E-state index is 0. The minimum absolute atomic E-state index is 0. The van der Waals surface area contributed by atoms with Gasteiger partial charge in [-0.25, -0.2) is 4.98 Å². The van der Waals surface area contributed by atoms with Crippen LogP contribution in [0.1, 0.15) is 23.9 Å². The number of rotatable bonds is 3. The Balaban J connectivity index is 0.00000147. The van der Waals surface area contributed by atoms with E-state index in [0.29, 0.717) is 5.41 Å². The molecule has 0 amide bonds. The number of aromatic nitrogens is 1. The maximum atomic E-state index is 5.87. The van der Waals surface area contributed by atoms with Gasteiger partial charge in [-0.3, -0.25) is 4.90 Å². The highest BCUT2D eigenvalue weighted by molar-refractivity contribution is 7.18. The van der Waals surface area contributed by atoms with Crippen molar-refractivity contribution in [2.75, 3.05) is 19.6 Å². The number of nitrogens with two attached hydrogens (primary N) is 1. The van der Waals surface area contributed by atoms with Crippen LogP contribution in [0.25, 0.3) is 10.2 Å². The Morgan fingerprint density at radius 3 is 2.95 bits per heavy atom. The summed E-state index contributed by atoms with van der Waals surface area (Å²) in [5, 5.41) is 1.14. The topological polar surface area (TPSA) is 42.2 Å². The van der Waals surface area contributed by atoms with Gasteiger partial charge in [-0.05, 0) is 49.5 Å². The zero-order valence-corrected chi connectivity index (χ0v) is 13.7. The number of aryl methyl sites for hydroxylation is 1. The molecule has 5 heteroatoms. The number of hydrogen-bond donors (Lipinski definition) is 1. The summed E-state index contributed by atoms with van der Waals surface area (Å²) < 4.78 is 1.30. The van der Waals surface area contributed by atoms with Crippen molar-refractivity contribution >= 4 is 34.0 Å². The molecule has 1 aromatic heterocycles. The third-order valence-corrected chi connectivity index (χ3v) is 5.03. The van der Waals surface area contributed by atoms with Crippen molar-refractivity contribution in [1.82, 2.24) is 9.88 Å². The van der Waals surface area contributed by atoms with Gasteiger partial charge in [0.1, 0.15) is 0 Å². The second kappa shape index (κ2) is 5.98. The maximum absolute atomic E-state index is 5.87. The van der Waals surface area contributed by atoms with E-state index >= 15 is 0 Å². The Bertz CT molecular complexity index is 598. The molecule has 110 valence electrons. The highest BCUT2D eigenvalue weighted by Crippen LogP contribution is 2.30. The predicted octanol–water partition coefficient (Wildman–Crippen LogP) is 3.20. The van der Waals surface area contributed by atoms with E-state index in [1.807, 2.05) is 0 Å². The minimum Gasteiger partial charge on any atom is -0.330 e. The number of nitrogens with zero attached hydrogens (tertiary/aromatic N) is 2. The number of thiazole rings is 1. The number of likely N-dealkylation sites (tertiary alicyclic amines) is 1. The van der Waals surface area contributed by atoms with Crippen molar-refractivity contribution in [3.63, 3.8) is 0 Å². The average Bonchev–Trinajstić information content (AvgIpc) is 2.92. The summed E-state index contributed by atoms with van der Waals surface area (Å²) in [5.74, 6) is 0. The second-order valence-corrected chi connectivity index (χ2v) is 7.25. The first kappa shape index (κ1) is 15.7. The molecule has 3 rings (SSSR count). The molecule has 1 aliphatic heterocycles. The quantitative estimate of drug-likeness (QED) is 0.946. The molecular formula is C15H22ClN3S. The highest BCUT2D eigenvalue weighted by atomic mass is 35.5. The van der Waals surface area contributed by atoms with Gasteiger partial charge in [-0.1, -0.05) is 13.0 Å². The zero-order valence-electron chi connectivity index (χ0n) is 12.1. The van der Waals surface area contributed by atoms with Crippen LogP contribution in [-0.4, -0.2) is 29.5 Å². The van der Waals surface area contributed by atoms with E-state index in [-0.39, 0.29) is 12.4 Å². The van der Waals surface area contributed by atoms with Crippen LogP contribution in [0.4, 0.5) is 0 Å². The first-order valence-electron chi connectivity index (χ1n) is 6.86. The fourth-order valence-electron chi connectivity index (χ4n) is 2.87. The molecule has 0 radical (unpaired) electrons. The van der Waals surface area contributed by atoms with Crippen LogP contribution in [0.15, 0.2) is 18.2 Å². The molecule has 20 heavy (non-hydrogen) atoms. The SMILES string of the molecule is Cc1nc2ccc(CN3CCC(C)(CN)C3)cc2s1.Cl. The van der Waals surface area contributed by atoms with Crippen molar-refractivity contribution in [1.29, 1.82) is 0 Å². The van der Waals surface area contributed by atoms with Crippen molar-refractivity contribution < 1.29 is 0 Å². The summed E-state index contributed by atoms with van der Waals surface area (Å²) in [6.07, 6.45) is 1.21. The summed E-state index contributed by atoms with van der Waals surface area (Å²) in [7, 11) is 0. The molecule has 1 fully saturated rings. The van der Waals surface area contributed by atoms with Crippen molar-refractivity contribution in [2.24, 2.45) is 11.1 Å². The number of fused-ring (bicyclic) bond motifs is 1. The van der Waals surface area contributed by atoms with Gasteiger partial charge in [0, 0.05) is 13.1 Å². The van der Waals surface area contributed by atoms with Crippen LogP contribution in [-0.2, 0) is 6.54 Å². The van der Waals surface area contributed by atoms with Crippen LogP contribution in [0.3, 0.4) is 0 Å². The fraction of sp³-hybridized carbons (Fsp3) is 0.533. The third kappa shape index (κ3) is 3.14. The standard InChI is InChI=1S/C15H21N3S.ClH/c1-11-17-13-4-3-12(7-14(13)19-11)8-18-6-5-15(2,9-16)10-18;/h3-4,7H,5-6,8-10,16H2,1-2H3;1H. The van der Waals surface area contributed by atoms with E-state index in [0.717, 1.165) is 36.7 Å². The zero-order chi connectivity index (χ0) is 13.5. The monoisotopic (exact) mass is 311 g/mol. The molecule has 1 aliphatic rings. The summed E-state index contributed by atoms with van der Waals surface area (Å²) in [4.78, 5) is 7.03. The molecule has 2 N–H and O–H groups in total. The molecule has 2 heterocycles. The van der Waals surface area contributed by atoms with E-state index < -0.39 is 0 Å². The summed E-state index contributed by atoms with van der Waals surface area (Å²) in [6, 6.07) is 6.64. The lowest BCUT2D eigenvalue weighted by Crippen LogP contribution is -2.31. The van der Waals surface area contributed by atoms with Crippen LogP contribution in [0.5, 0.6) is 0 Å². The second-order valence-electron chi connectivity index (χ2n) is 6.01.